The molecule has 1 aliphatic rings. The number of nitrogens with one attached hydrogen (secondary N) is 2. The predicted molar refractivity (Wildman–Crippen MR) is 63.4 cm³/mol. The zero-order valence-corrected chi connectivity index (χ0v) is 10.9. The van der Waals surface area contributed by atoms with Gasteiger partial charge in [0.15, 0.2) is 5.69 Å². The van der Waals surface area contributed by atoms with Crippen LogP contribution < -0.4 is 10.6 Å². The van der Waals surface area contributed by atoms with E-state index in [4.69, 9.17) is 0 Å². The molecule has 2 heterocycles. The van der Waals surface area contributed by atoms with Crippen molar-refractivity contribution in [3.63, 3.8) is 0 Å². The number of hydrogen-bond donors (Lipinski definition) is 2. The quantitative estimate of drug-likeness (QED) is 0.850. The second kappa shape index (κ2) is 4.50. The van der Waals surface area contributed by atoms with Crippen LogP contribution in [0.5, 0.6) is 0 Å². The molecule has 86 valence electrons. The Morgan fingerprint density at radius 3 is 2.94 bits per heavy atom. The fourth-order valence-corrected chi connectivity index (χ4v) is 3.11. The standard InChI is InChI=1S/C9H10BrN3O2S/c1-4-12-7(8(10)16-4)9(15)13-5-2-6(14)11-3-5/h5H,2-3H2,1H3,(H,11,14)(H,13,15)/t5-/m0/s1. The van der Waals surface area contributed by atoms with Crippen LogP contribution in [0.4, 0.5) is 0 Å². The lowest BCUT2D eigenvalue weighted by atomic mass is 10.2. The van der Waals surface area contributed by atoms with Crippen LogP contribution in [0.3, 0.4) is 0 Å². The van der Waals surface area contributed by atoms with E-state index in [2.05, 4.69) is 31.5 Å². The maximum absolute atomic E-state index is 11.8. The first-order valence-electron chi connectivity index (χ1n) is 4.76. The second-order valence-corrected chi connectivity index (χ2v) is 6.05. The van der Waals surface area contributed by atoms with Crippen LogP contribution in [0.25, 0.3) is 0 Å². The predicted octanol–water partition coefficient (Wildman–Crippen LogP) is 0.832. The van der Waals surface area contributed by atoms with E-state index < -0.39 is 0 Å². The van der Waals surface area contributed by atoms with Crippen LogP contribution in [0.2, 0.25) is 0 Å². The Bertz CT molecular complexity index is 446. The van der Waals surface area contributed by atoms with Gasteiger partial charge in [-0.2, -0.15) is 0 Å². The van der Waals surface area contributed by atoms with Gasteiger partial charge in [0.25, 0.3) is 5.91 Å². The summed E-state index contributed by atoms with van der Waals surface area (Å²) in [4.78, 5) is 26.9. The first kappa shape index (κ1) is 11.5. The second-order valence-electron chi connectivity index (χ2n) is 3.53. The highest BCUT2D eigenvalue weighted by Gasteiger charge is 2.25. The van der Waals surface area contributed by atoms with Crippen molar-refractivity contribution in [1.82, 2.24) is 15.6 Å². The van der Waals surface area contributed by atoms with Gasteiger partial charge in [0.1, 0.15) is 3.79 Å². The van der Waals surface area contributed by atoms with Crippen LogP contribution in [0.1, 0.15) is 21.9 Å². The molecule has 2 rings (SSSR count). The molecule has 1 aliphatic heterocycles. The SMILES string of the molecule is Cc1nc(C(=O)N[C@@H]2CNC(=O)C2)c(Br)s1. The lowest BCUT2D eigenvalue weighted by Gasteiger charge is -2.08. The molecule has 0 saturated carbocycles. The molecular formula is C9H10BrN3O2S. The largest absolute Gasteiger partial charge is 0.354 e. The maximum Gasteiger partial charge on any atom is 0.272 e. The van der Waals surface area contributed by atoms with Crippen molar-refractivity contribution >= 4 is 39.1 Å². The minimum absolute atomic E-state index is 0.0289. The first-order valence-corrected chi connectivity index (χ1v) is 6.37. The normalized spacial score (nSPS) is 19.6. The van der Waals surface area contributed by atoms with E-state index in [1.165, 1.54) is 11.3 Å². The summed E-state index contributed by atoms with van der Waals surface area (Å²) in [5.41, 5.74) is 0.391. The summed E-state index contributed by atoms with van der Waals surface area (Å²) in [6, 6.07) is -0.131. The Hall–Kier alpha value is -0.950. The van der Waals surface area contributed by atoms with Crippen LogP contribution in [0, 0.1) is 6.92 Å². The van der Waals surface area contributed by atoms with Crippen LogP contribution >= 0.6 is 27.3 Å². The molecule has 0 bridgehead atoms. The summed E-state index contributed by atoms with van der Waals surface area (Å²) in [6.07, 6.45) is 0.340. The molecule has 0 unspecified atom stereocenters. The van der Waals surface area contributed by atoms with Gasteiger partial charge in [-0.15, -0.1) is 11.3 Å². The van der Waals surface area contributed by atoms with Gasteiger partial charge in [-0.1, -0.05) is 0 Å². The molecular weight excluding hydrogens is 294 g/mol. The highest BCUT2D eigenvalue weighted by atomic mass is 79.9. The molecule has 7 heteroatoms. The molecule has 1 fully saturated rings. The first-order chi connectivity index (χ1) is 7.56. The molecule has 1 atom stereocenters. The Kier molecular flexibility index (Phi) is 3.25. The molecule has 1 saturated heterocycles. The van der Waals surface area contributed by atoms with Gasteiger partial charge in [0, 0.05) is 13.0 Å². The van der Waals surface area contributed by atoms with Crippen LogP contribution in [0.15, 0.2) is 3.79 Å². The fraction of sp³-hybridized carbons (Fsp3) is 0.444. The molecule has 0 spiro atoms. The molecule has 0 aliphatic carbocycles. The number of halogens is 1. The number of thiazole rings is 1. The Labute approximate surface area is 105 Å². The molecule has 0 radical (unpaired) electrons. The summed E-state index contributed by atoms with van der Waals surface area (Å²) in [5.74, 6) is -0.267. The van der Waals surface area contributed by atoms with Gasteiger partial charge in [-0.05, 0) is 22.9 Å². The van der Waals surface area contributed by atoms with E-state index in [0.29, 0.717) is 18.7 Å². The van der Waals surface area contributed by atoms with Crippen molar-refractivity contribution in [2.45, 2.75) is 19.4 Å². The highest BCUT2D eigenvalue weighted by Crippen LogP contribution is 2.24. The highest BCUT2D eigenvalue weighted by molar-refractivity contribution is 9.11. The zero-order chi connectivity index (χ0) is 11.7. The molecule has 1 aromatic rings. The van der Waals surface area contributed by atoms with Gasteiger partial charge >= 0.3 is 0 Å². The minimum Gasteiger partial charge on any atom is -0.354 e. The number of amides is 2. The third-order valence-corrected chi connectivity index (χ3v) is 3.84. The van der Waals surface area contributed by atoms with Crippen molar-refractivity contribution in [3.05, 3.63) is 14.5 Å². The van der Waals surface area contributed by atoms with Crippen LogP contribution in [-0.4, -0.2) is 29.4 Å². The lowest BCUT2D eigenvalue weighted by Crippen LogP contribution is -2.36. The molecule has 2 amide bonds. The third-order valence-electron chi connectivity index (χ3n) is 2.22. The Morgan fingerprint density at radius 1 is 1.69 bits per heavy atom. The van der Waals surface area contributed by atoms with E-state index in [1.54, 1.807) is 0 Å². The number of carbonyl (C=O) groups is 2. The maximum atomic E-state index is 11.8. The molecule has 2 N–H and O–H groups in total. The number of carbonyl (C=O) groups excluding carboxylic acids is 2. The van der Waals surface area contributed by atoms with E-state index in [0.717, 1.165) is 8.79 Å². The van der Waals surface area contributed by atoms with Crippen molar-refractivity contribution in [2.24, 2.45) is 0 Å². The smallest absolute Gasteiger partial charge is 0.272 e. The van der Waals surface area contributed by atoms with Gasteiger partial charge in [-0.3, -0.25) is 9.59 Å². The van der Waals surface area contributed by atoms with E-state index >= 15 is 0 Å². The summed E-state index contributed by atoms with van der Waals surface area (Å²) in [5, 5.41) is 6.27. The zero-order valence-electron chi connectivity index (χ0n) is 8.54. The Morgan fingerprint density at radius 2 is 2.44 bits per heavy atom. The van der Waals surface area contributed by atoms with Crippen molar-refractivity contribution in [2.75, 3.05) is 6.54 Å². The summed E-state index contributed by atoms with van der Waals surface area (Å²) < 4.78 is 0.722. The van der Waals surface area contributed by atoms with E-state index in [-0.39, 0.29) is 17.9 Å². The van der Waals surface area contributed by atoms with Crippen molar-refractivity contribution in [1.29, 1.82) is 0 Å². The van der Waals surface area contributed by atoms with Crippen molar-refractivity contribution in [3.8, 4) is 0 Å². The van der Waals surface area contributed by atoms with E-state index in [9.17, 15) is 9.59 Å². The van der Waals surface area contributed by atoms with Gasteiger partial charge in [-0.25, -0.2) is 4.98 Å². The lowest BCUT2D eigenvalue weighted by molar-refractivity contribution is -0.119. The monoisotopic (exact) mass is 303 g/mol. The summed E-state index contributed by atoms with van der Waals surface area (Å²) in [7, 11) is 0. The molecule has 0 aromatic carbocycles. The Balaban J connectivity index is 2.03. The average Bonchev–Trinajstić information content (AvgIpc) is 2.73. The van der Waals surface area contributed by atoms with Crippen LogP contribution in [-0.2, 0) is 4.79 Å². The number of rotatable bonds is 2. The minimum atomic E-state index is -0.238. The fourth-order valence-electron chi connectivity index (χ4n) is 1.50. The number of nitrogens with zero attached hydrogens (tertiary/aromatic N) is 1. The number of aromatic nitrogens is 1. The molecule has 5 nitrogen and oxygen atoms in total. The number of hydrogen-bond acceptors (Lipinski definition) is 4. The van der Waals surface area contributed by atoms with Gasteiger partial charge in [0.2, 0.25) is 5.91 Å². The van der Waals surface area contributed by atoms with Gasteiger partial charge in [0.05, 0.1) is 11.0 Å². The van der Waals surface area contributed by atoms with Gasteiger partial charge < -0.3 is 10.6 Å². The summed E-state index contributed by atoms with van der Waals surface area (Å²) in [6.45, 7) is 2.33. The third kappa shape index (κ3) is 2.41. The average molecular weight is 304 g/mol. The summed E-state index contributed by atoms with van der Waals surface area (Å²) >= 11 is 4.71. The van der Waals surface area contributed by atoms with Crippen molar-refractivity contribution < 1.29 is 9.59 Å². The number of aryl methyl sites for hydroxylation is 1. The molecule has 16 heavy (non-hydrogen) atoms. The van der Waals surface area contributed by atoms with E-state index in [1.807, 2.05) is 6.92 Å². The molecule has 1 aromatic heterocycles. The topological polar surface area (TPSA) is 71.1 Å².